The Balaban J connectivity index is 1.99. The molecular formula is C15H22N2O2. The first kappa shape index (κ1) is 14.0. The molecule has 1 fully saturated rings. The Labute approximate surface area is 114 Å². The number of nitro groups is 1. The van der Waals surface area contributed by atoms with Crippen molar-refractivity contribution in [1.29, 1.82) is 0 Å². The number of nitrogens with zero attached hydrogens (tertiary/aromatic N) is 1. The first-order valence-electron chi connectivity index (χ1n) is 7.05. The highest BCUT2D eigenvalue weighted by Gasteiger charge is 2.20. The Kier molecular flexibility index (Phi) is 4.53. The normalized spacial score (nSPS) is 23.3. The van der Waals surface area contributed by atoms with Gasteiger partial charge in [0, 0.05) is 24.2 Å². The Morgan fingerprint density at radius 1 is 1.37 bits per heavy atom. The summed E-state index contributed by atoms with van der Waals surface area (Å²) in [5, 5.41) is 14.5. The first-order valence-corrected chi connectivity index (χ1v) is 7.05. The zero-order valence-corrected chi connectivity index (χ0v) is 11.7. The molecule has 0 radical (unpaired) electrons. The third-order valence-corrected chi connectivity index (χ3v) is 4.15. The maximum Gasteiger partial charge on any atom is 0.272 e. The number of rotatable bonds is 4. The van der Waals surface area contributed by atoms with E-state index in [0.29, 0.717) is 12.0 Å². The fourth-order valence-electron chi connectivity index (χ4n) is 2.83. The van der Waals surface area contributed by atoms with E-state index in [0.717, 1.165) is 17.7 Å². The van der Waals surface area contributed by atoms with E-state index in [-0.39, 0.29) is 10.6 Å². The molecule has 4 nitrogen and oxygen atoms in total. The molecule has 0 spiro atoms. The SMILES string of the molecule is Cc1ccc(CNC2CCCCC2C)cc1[N+](=O)[O-]. The molecule has 1 aromatic rings. The van der Waals surface area contributed by atoms with Gasteiger partial charge >= 0.3 is 0 Å². The van der Waals surface area contributed by atoms with E-state index in [1.165, 1.54) is 25.7 Å². The van der Waals surface area contributed by atoms with Gasteiger partial charge in [0.05, 0.1) is 4.92 Å². The van der Waals surface area contributed by atoms with E-state index in [2.05, 4.69) is 12.2 Å². The predicted octanol–water partition coefficient (Wildman–Crippen LogP) is 3.57. The third-order valence-electron chi connectivity index (χ3n) is 4.15. The van der Waals surface area contributed by atoms with Crippen LogP contribution in [0.1, 0.15) is 43.7 Å². The molecule has 0 amide bonds. The van der Waals surface area contributed by atoms with E-state index in [9.17, 15) is 10.1 Å². The van der Waals surface area contributed by atoms with Crippen molar-refractivity contribution in [3.8, 4) is 0 Å². The van der Waals surface area contributed by atoms with Crippen LogP contribution in [0.2, 0.25) is 0 Å². The lowest BCUT2D eigenvalue weighted by molar-refractivity contribution is -0.385. The summed E-state index contributed by atoms with van der Waals surface area (Å²) < 4.78 is 0. The average Bonchev–Trinajstić information content (AvgIpc) is 2.39. The highest BCUT2D eigenvalue weighted by Crippen LogP contribution is 2.24. The topological polar surface area (TPSA) is 55.2 Å². The molecule has 2 rings (SSSR count). The van der Waals surface area contributed by atoms with Crippen LogP contribution < -0.4 is 5.32 Å². The van der Waals surface area contributed by atoms with Crippen molar-refractivity contribution in [2.45, 2.75) is 52.1 Å². The van der Waals surface area contributed by atoms with Gasteiger partial charge in [-0.15, -0.1) is 0 Å². The van der Waals surface area contributed by atoms with Crippen LogP contribution in [-0.4, -0.2) is 11.0 Å². The summed E-state index contributed by atoms with van der Waals surface area (Å²) >= 11 is 0. The zero-order chi connectivity index (χ0) is 13.8. The van der Waals surface area contributed by atoms with Crippen molar-refractivity contribution in [2.24, 2.45) is 5.92 Å². The van der Waals surface area contributed by atoms with Crippen LogP contribution in [0, 0.1) is 23.0 Å². The molecule has 4 heteroatoms. The quantitative estimate of drug-likeness (QED) is 0.666. The molecule has 1 aliphatic carbocycles. The molecular weight excluding hydrogens is 240 g/mol. The van der Waals surface area contributed by atoms with Crippen LogP contribution >= 0.6 is 0 Å². The van der Waals surface area contributed by atoms with Crippen molar-refractivity contribution < 1.29 is 4.92 Å². The van der Waals surface area contributed by atoms with Crippen molar-refractivity contribution in [2.75, 3.05) is 0 Å². The standard InChI is InChI=1S/C15H22N2O2/c1-11-5-3-4-6-14(11)16-10-13-8-7-12(2)15(9-13)17(18)19/h7-9,11,14,16H,3-6,10H2,1-2H3. The number of aryl methyl sites for hydroxylation is 1. The molecule has 0 aromatic heterocycles. The Hall–Kier alpha value is -1.42. The van der Waals surface area contributed by atoms with Gasteiger partial charge in [0.15, 0.2) is 0 Å². The second kappa shape index (κ2) is 6.15. The summed E-state index contributed by atoms with van der Waals surface area (Å²) in [6.45, 7) is 4.78. The van der Waals surface area contributed by atoms with Gasteiger partial charge in [-0.1, -0.05) is 31.9 Å². The van der Waals surface area contributed by atoms with Crippen molar-refractivity contribution in [1.82, 2.24) is 5.32 Å². The summed E-state index contributed by atoms with van der Waals surface area (Å²) in [6, 6.07) is 6.05. The molecule has 19 heavy (non-hydrogen) atoms. The third kappa shape index (κ3) is 3.53. The van der Waals surface area contributed by atoms with Gasteiger partial charge in [-0.3, -0.25) is 10.1 Å². The monoisotopic (exact) mass is 262 g/mol. The van der Waals surface area contributed by atoms with E-state index in [1.54, 1.807) is 13.0 Å². The Bertz CT molecular complexity index is 459. The minimum absolute atomic E-state index is 0.219. The lowest BCUT2D eigenvalue weighted by atomic mass is 9.86. The van der Waals surface area contributed by atoms with Crippen LogP contribution in [-0.2, 0) is 6.54 Å². The van der Waals surface area contributed by atoms with Crippen LogP contribution in [0.5, 0.6) is 0 Å². The first-order chi connectivity index (χ1) is 9.08. The molecule has 0 heterocycles. The van der Waals surface area contributed by atoms with Gasteiger partial charge in [-0.25, -0.2) is 0 Å². The van der Waals surface area contributed by atoms with Gasteiger partial charge in [-0.2, -0.15) is 0 Å². The van der Waals surface area contributed by atoms with Crippen LogP contribution in [0.25, 0.3) is 0 Å². The molecule has 0 bridgehead atoms. The fraction of sp³-hybridized carbons (Fsp3) is 0.600. The van der Waals surface area contributed by atoms with Crippen LogP contribution in [0.15, 0.2) is 18.2 Å². The second-order valence-corrected chi connectivity index (χ2v) is 5.63. The summed E-state index contributed by atoms with van der Waals surface area (Å²) in [7, 11) is 0. The molecule has 1 saturated carbocycles. The van der Waals surface area contributed by atoms with Gasteiger partial charge in [0.2, 0.25) is 0 Å². The lowest BCUT2D eigenvalue weighted by Crippen LogP contribution is -2.36. The highest BCUT2D eigenvalue weighted by atomic mass is 16.6. The molecule has 0 aliphatic heterocycles. The van der Waals surface area contributed by atoms with E-state index < -0.39 is 0 Å². The maximum absolute atomic E-state index is 10.9. The zero-order valence-electron chi connectivity index (χ0n) is 11.7. The largest absolute Gasteiger partial charge is 0.310 e. The van der Waals surface area contributed by atoms with Crippen LogP contribution in [0.4, 0.5) is 5.69 Å². The van der Waals surface area contributed by atoms with Gasteiger partial charge in [0.25, 0.3) is 5.69 Å². The minimum Gasteiger partial charge on any atom is -0.310 e. The summed E-state index contributed by atoms with van der Waals surface area (Å²) in [4.78, 5) is 10.6. The van der Waals surface area contributed by atoms with E-state index in [4.69, 9.17) is 0 Å². The number of hydrogen-bond donors (Lipinski definition) is 1. The van der Waals surface area contributed by atoms with E-state index in [1.807, 2.05) is 12.1 Å². The van der Waals surface area contributed by atoms with Crippen molar-refractivity contribution in [3.05, 3.63) is 39.4 Å². The van der Waals surface area contributed by atoms with Gasteiger partial charge in [0.1, 0.15) is 0 Å². The smallest absolute Gasteiger partial charge is 0.272 e. The molecule has 1 aromatic carbocycles. The summed E-state index contributed by atoms with van der Waals surface area (Å²) in [5.74, 6) is 0.703. The molecule has 1 aliphatic rings. The summed E-state index contributed by atoms with van der Waals surface area (Å²) in [6.07, 6.45) is 5.12. The van der Waals surface area contributed by atoms with Gasteiger partial charge in [-0.05, 0) is 31.2 Å². The molecule has 104 valence electrons. The predicted molar refractivity (Wildman–Crippen MR) is 76.1 cm³/mol. The second-order valence-electron chi connectivity index (χ2n) is 5.63. The van der Waals surface area contributed by atoms with Crippen LogP contribution in [0.3, 0.4) is 0 Å². The Morgan fingerprint density at radius 3 is 2.79 bits per heavy atom. The average molecular weight is 262 g/mol. The molecule has 0 saturated heterocycles. The lowest BCUT2D eigenvalue weighted by Gasteiger charge is -2.29. The summed E-state index contributed by atoms with van der Waals surface area (Å²) in [5.41, 5.74) is 1.94. The molecule has 2 atom stereocenters. The Morgan fingerprint density at radius 2 is 2.11 bits per heavy atom. The number of nitrogens with one attached hydrogen (secondary N) is 1. The van der Waals surface area contributed by atoms with E-state index >= 15 is 0 Å². The number of nitro benzene ring substituents is 1. The molecule has 1 N–H and O–H groups in total. The number of hydrogen-bond acceptors (Lipinski definition) is 3. The number of benzene rings is 1. The van der Waals surface area contributed by atoms with Crippen molar-refractivity contribution in [3.63, 3.8) is 0 Å². The highest BCUT2D eigenvalue weighted by molar-refractivity contribution is 5.42. The maximum atomic E-state index is 10.9. The van der Waals surface area contributed by atoms with Gasteiger partial charge < -0.3 is 5.32 Å². The fourth-order valence-corrected chi connectivity index (χ4v) is 2.83. The molecule has 2 unspecified atom stereocenters. The van der Waals surface area contributed by atoms with Crippen molar-refractivity contribution >= 4 is 5.69 Å². The minimum atomic E-state index is -0.304.